The molecule has 0 radical (unpaired) electrons. The second kappa shape index (κ2) is 5.33. The molecule has 4 rings (SSSR count). The molecule has 0 spiro atoms. The van der Waals surface area contributed by atoms with Gasteiger partial charge in [-0.1, -0.05) is 0 Å². The molecule has 2 aromatic rings. The zero-order valence-electron chi connectivity index (χ0n) is 12.3. The van der Waals surface area contributed by atoms with E-state index in [0.717, 1.165) is 24.3 Å². The average Bonchev–Trinajstić information content (AvgIpc) is 2.91. The number of rotatable bonds is 2. The highest BCUT2D eigenvalue weighted by molar-refractivity contribution is 5.89. The second-order valence-electron chi connectivity index (χ2n) is 5.82. The lowest BCUT2D eigenvalue weighted by atomic mass is 10.1. The van der Waals surface area contributed by atoms with Crippen LogP contribution in [0.3, 0.4) is 0 Å². The molecule has 5 heteroatoms. The monoisotopic (exact) mass is 294 g/mol. The van der Waals surface area contributed by atoms with Crippen molar-refractivity contribution >= 4 is 17.4 Å². The zero-order chi connectivity index (χ0) is 14.9. The van der Waals surface area contributed by atoms with Crippen LogP contribution in [-0.4, -0.2) is 29.0 Å². The minimum Gasteiger partial charge on any atom is -0.371 e. The molecule has 22 heavy (non-hydrogen) atoms. The van der Waals surface area contributed by atoms with Crippen LogP contribution in [0.15, 0.2) is 42.7 Å². The summed E-state index contributed by atoms with van der Waals surface area (Å²) in [4.78, 5) is 20.6. The molecule has 112 valence electrons. The highest BCUT2D eigenvalue weighted by Crippen LogP contribution is 2.24. The highest BCUT2D eigenvalue weighted by atomic mass is 16.2. The van der Waals surface area contributed by atoms with Gasteiger partial charge in [-0.15, -0.1) is 0 Å². The molecule has 2 amide bonds. The number of hydrogen-bond donors (Lipinski definition) is 1. The van der Waals surface area contributed by atoms with Gasteiger partial charge in [0.2, 0.25) is 0 Å². The van der Waals surface area contributed by atoms with Crippen molar-refractivity contribution in [3.8, 4) is 0 Å². The molecule has 1 fully saturated rings. The van der Waals surface area contributed by atoms with E-state index in [4.69, 9.17) is 0 Å². The van der Waals surface area contributed by atoms with E-state index in [1.165, 1.54) is 17.7 Å². The lowest BCUT2D eigenvalue weighted by Crippen LogP contribution is -2.36. The molecule has 1 saturated heterocycles. The first-order valence-electron chi connectivity index (χ1n) is 7.62. The molecule has 2 aliphatic heterocycles. The van der Waals surface area contributed by atoms with Crippen molar-refractivity contribution in [2.45, 2.75) is 19.5 Å². The lowest BCUT2D eigenvalue weighted by molar-refractivity contribution is 0.212. The fourth-order valence-electron chi connectivity index (χ4n) is 2.90. The van der Waals surface area contributed by atoms with Crippen LogP contribution in [0.1, 0.15) is 17.5 Å². The Morgan fingerprint density at radius 1 is 1.05 bits per heavy atom. The summed E-state index contributed by atoms with van der Waals surface area (Å²) in [7, 11) is 0. The van der Waals surface area contributed by atoms with Crippen LogP contribution < -0.4 is 10.2 Å². The minimum atomic E-state index is -0.0621. The number of aromatic nitrogens is 1. The molecule has 0 saturated carbocycles. The summed E-state index contributed by atoms with van der Waals surface area (Å²) < 4.78 is 0. The first kappa shape index (κ1) is 13.1. The van der Waals surface area contributed by atoms with Crippen LogP contribution in [0.4, 0.5) is 16.2 Å². The number of nitrogens with one attached hydrogen (secondary N) is 1. The summed E-state index contributed by atoms with van der Waals surface area (Å²) >= 11 is 0. The quantitative estimate of drug-likeness (QED) is 0.926. The van der Waals surface area contributed by atoms with Crippen molar-refractivity contribution in [1.29, 1.82) is 0 Å². The number of benzene rings is 1. The molecule has 1 aromatic heterocycles. The first-order valence-corrected chi connectivity index (χ1v) is 7.62. The molecule has 0 atom stereocenters. The SMILES string of the molecule is O=C(Nc1ccc(N2CCC2)cc1)N1Cc2ccncc2C1. The molecule has 2 aliphatic rings. The lowest BCUT2D eigenvalue weighted by Gasteiger charge is -2.33. The number of urea groups is 1. The summed E-state index contributed by atoms with van der Waals surface area (Å²) in [5.74, 6) is 0. The van der Waals surface area contributed by atoms with Gasteiger partial charge in [0.15, 0.2) is 0 Å². The van der Waals surface area contributed by atoms with E-state index in [9.17, 15) is 4.79 Å². The van der Waals surface area contributed by atoms with E-state index < -0.39 is 0 Å². The van der Waals surface area contributed by atoms with Crippen molar-refractivity contribution < 1.29 is 4.79 Å². The number of fused-ring (bicyclic) bond motifs is 1. The smallest absolute Gasteiger partial charge is 0.322 e. The van der Waals surface area contributed by atoms with Crippen LogP contribution in [0.2, 0.25) is 0 Å². The predicted molar refractivity (Wildman–Crippen MR) is 85.8 cm³/mol. The average molecular weight is 294 g/mol. The van der Waals surface area contributed by atoms with Gasteiger partial charge in [0, 0.05) is 49.9 Å². The Bertz CT molecular complexity index is 669. The molecular formula is C17H18N4O. The third kappa shape index (κ3) is 2.39. The Kier molecular flexibility index (Phi) is 3.18. The van der Waals surface area contributed by atoms with Gasteiger partial charge in [-0.3, -0.25) is 4.98 Å². The molecule has 0 bridgehead atoms. The number of carbonyl (C=O) groups excluding carboxylic acids is 1. The third-order valence-corrected chi connectivity index (χ3v) is 4.35. The van der Waals surface area contributed by atoms with Crippen LogP contribution >= 0.6 is 0 Å². The van der Waals surface area contributed by atoms with Gasteiger partial charge in [-0.25, -0.2) is 4.79 Å². The Hall–Kier alpha value is -2.56. The van der Waals surface area contributed by atoms with Crippen molar-refractivity contribution in [3.05, 3.63) is 53.9 Å². The fourth-order valence-corrected chi connectivity index (χ4v) is 2.90. The van der Waals surface area contributed by atoms with E-state index in [-0.39, 0.29) is 6.03 Å². The molecule has 0 aliphatic carbocycles. The van der Waals surface area contributed by atoms with E-state index in [0.29, 0.717) is 13.1 Å². The predicted octanol–water partition coefficient (Wildman–Crippen LogP) is 2.84. The van der Waals surface area contributed by atoms with Gasteiger partial charge in [0.25, 0.3) is 0 Å². The first-order chi connectivity index (χ1) is 10.8. The third-order valence-electron chi connectivity index (χ3n) is 4.35. The number of nitrogens with zero attached hydrogens (tertiary/aromatic N) is 3. The normalized spacial score (nSPS) is 16.2. The van der Waals surface area contributed by atoms with Crippen molar-refractivity contribution in [1.82, 2.24) is 9.88 Å². The van der Waals surface area contributed by atoms with Crippen molar-refractivity contribution in [3.63, 3.8) is 0 Å². The van der Waals surface area contributed by atoms with Gasteiger partial charge < -0.3 is 15.1 Å². The van der Waals surface area contributed by atoms with Crippen LogP contribution in [-0.2, 0) is 13.1 Å². The van der Waals surface area contributed by atoms with Gasteiger partial charge in [-0.2, -0.15) is 0 Å². The zero-order valence-corrected chi connectivity index (χ0v) is 12.3. The summed E-state index contributed by atoms with van der Waals surface area (Å²) in [6.07, 6.45) is 4.88. The van der Waals surface area contributed by atoms with E-state index in [1.807, 2.05) is 24.4 Å². The maximum absolute atomic E-state index is 12.4. The molecule has 0 unspecified atom stereocenters. The van der Waals surface area contributed by atoms with Crippen LogP contribution in [0.25, 0.3) is 0 Å². The Labute approximate surface area is 129 Å². The van der Waals surface area contributed by atoms with Gasteiger partial charge >= 0.3 is 6.03 Å². The van der Waals surface area contributed by atoms with E-state index >= 15 is 0 Å². The van der Waals surface area contributed by atoms with Gasteiger partial charge in [0.05, 0.1) is 0 Å². The highest BCUT2D eigenvalue weighted by Gasteiger charge is 2.23. The number of amides is 2. The Morgan fingerprint density at radius 2 is 1.82 bits per heavy atom. The Balaban J connectivity index is 1.40. The maximum Gasteiger partial charge on any atom is 0.322 e. The minimum absolute atomic E-state index is 0.0621. The largest absolute Gasteiger partial charge is 0.371 e. The van der Waals surface area contributed by atoms with Gasteiger partial charge in [0.1, 0.15) is 0 Å². The molecule has 1 aromatic carbocycles. The van der Waals surface area contributed by atoms with Crippen molar-refractivity contribution in [2.75, 3.05) is 23.3 Å². The number of pyridine rings is 1. The summed E-state index contributed by atoms with van der Waals surface area (Å²) in [5.41, 5.74) is 4.37. The molecule has 5 nitrogen and oxygen atoms in total. The molecule has 1 N–H and O–H groups in total. The molecular weight excluding hydrogens is 276 g/mol. The standard InChI is InChI=1S/C17H18N4O/c22-17(21-11-13-6-7-18-10-14(13)12-21)19-15-2-4-16(5-3-15)20-8-1-9-20/h2-7,10H,1,8-9,11-12H2,(H,19,22). The summed E-state index contributed by atoms with van der Waals surface area (Å²) in [5, 5.41) is 2.97. The second-order valence-corrected chi connectivity index (χ2v) is 5.82. The number of carbonyl (C=O) groups is 1. The number of hydrogen-bond acceptors (Lipinski definition) is 3. The van der Waals surface area contributed by atoms with E-state index in [1.54, 1.807) is 11.1 Å². The molecule has 3 heterocycles. The van der Waals surface area contributed by atoms with Crippen molar-refractivity contribution in [2.24, 2.45) is 0 Å². The summed E-state index contributed by atoms with van der Waals surface area (Å²) in [6.45, 7) is 3.54. The number of anilines is 2. The van der Waals surface area contributed by atoms with Crippen LogP contribution in [0, 0.1) is 0 Å². The van der Waals surface area contributed by atoms with E-state index in [2.05, 4.69) is 27.3 Å². The van der Waals surface area contributed by atoms with Gasteiger partial charge in [-0.05, 0) is 47.9 Å². The topological polar surface area (TPSA) is 48.5 Å². The fraction of sp³-hybridized carbons (Fsp3) is 0.294. The maximum atomic E-state index is 12.4. The Morgan fingerprint density at radius 3 is 2.50 bits per heavy atom. The summed E-state index contributed by atoms with van der Waals surface area (Å²) in [6, 6.07) is 9.99. The van der Waals surface area contributed by atoms with Crippen LogP contribution in [0.5, 0.6) is 0 Å².